The molecule has 0 saturated heterocycles. The van der Waals surface area contributed by atoms with Gasteiger partial charge >= 0.3 is 0 Å². The van der Waals surface area contributed by atoms with E-state index in [4.69, 9.17) is 0 Å². The third kappa shape index (κ3) is 2.80. The Bertz CT molecular complexity index is 711. The molecule has 2 heterocycles. The molecule has 0 spiro atoms. The van der Waals surface area contributed by atoms with Crippen LogP contribution in [0, 0.1) is 0 Å². The zero-order chi connectivity index (χ0) is 15.5. The maximum absolute atomic E-state index is 12.3. The summed E-state index contributed by atoms with van der Waals surface area (Å²) in [5.74, 6) is -1.11. The molecule has 114 valence electrons. The summed E-state index contributed by atoms with van der Waals surface area (Å²) >= 11 is 0. The van der Waals surface area contributed by atoms with Crippen LogP contribution in [0.5, 0.6) is 0 Å². The Morgan fingerprint density at radius 2 is 2.23 bits per heavy atom. The Morgan fingerprint density at radius 3 is 3.00 bits per heavy atom. The second kappa shape index (κ2) is 5.92. The summed E-state index contributed by atoms with van der Waals surface area (Å²) in [6.07, 6.45) is 5.73. The maximum atomic E-state index is 12.3. The summed E-state index contributed by atoms with van der Waals surface area (Å²) in [5.41, 5.74) is 6.83. The normalized spacial score (nSPS) is 16.7. The van der Waals surface area contributed by atoms with Crippen molar-refractivity contribution in [2.75, 3.05) is 0 Å². The van der Waals surface area contributed by atoms with E-state index in [2.05, 4.69) is 26.1 Å². The SMILES string of the molecule is Cn1cc(C(=O)NNC(=O)C2CCCc3cccnc32)nn1. The minimum absolute atomic E-state index is 0.143. The Morgan fingerprint density at radius 1 is 1.36 bits per heavy atom. The fourth-order valence-corrected chi connectivity index (χ4v) is 2.59. The molecule has 2 aromatic heterocycles. The fourth-order valence-electron chi connectivity index (χ4n) is 2.59. The van der Waals surface area contributed by atoms with Gasteiger partial charge in [0, 0.05) is 13.2 Å². The van der Waals surface area contributed by atoms with E-state index in [1.54, 1.807) is 13.2 Å². The lowest BCUT2D eigenvalue weighted by Crippen LogP contribution is -2.44. The molecule has 1 aliphatic rings. The Labute approximate surface area is 126 Å². The van der Waals surface area contributed by atoms with Gasteiger partial charge in [-0.15, -0.1) is 5.10 Å². The molecule has 0 fully saturated rings. The quantitative estimate of drug-likeness (QED) is 0.765. The highest BCUT2D eigenvalue weighted by molar-refractivity contribution is 5.94. The summed E-state index contributed by atoms with van der Waals surface area (Å²) in [6.45, 7) is 0. The number of amides is 2. The number of carbonyl (C=O) groups excluding carboxylic acids is 2. The summed E-state index contributed by atoms with van der Waals surface area (Å²) in [4.78, 5) is 28.4. The van der Waals surface area contributed by atoms with Gasteiger partial charge in [0.1, 0.15) is 0 Å². The number of aromatic nitrogens is 4. The van der Waals surface area contributed by atoms with E-state index >= 15 is 0 Å². The minimum atomic E-state index is -0.501. The third-order valence-electron chi connectivity index (χ3n) is 3.65. The van der Waals surface area contributed by atoms with Crippen LogP contribution in [0.3, 0.4) is 0 Å². The molecule has 0 saturated carbocycles. The zero-order valence-electron chi connectivity index (χ0n) is 12.1. The first kappa shape index (κ1) is 14.2. The van der Waals surface area contributed by atoms with Gasteiger partial charge in [-0.2, -0.15) is 0 Å². The van der Waals surface area contributed by atoms with E-state index in [-0.39, 0.29) is 17.5 Å². The Balaban J connectivity index is 1.65. The largest absolute Gasteiger partial charge is 0.291 e. The first-order valence-corrected chi connectivity index (χ1v) is 7.05. The summed E-state index contributed by atoms with van der Waals surface area (Å²) in [6, 6.07) is 3.86. The van der Waals surface area contributed by atoms with Crippen molar-refractivity contribution in [1.82, 2.24) is 30.8 Å². The third-order valence-corrected chi connectivity index (χ3v) is 3.65. The van der Waals surface area contributed by atoms with E-state index in [1.165, 1.54) is 10.9 Å². The molecule has 3 rings (SSSR count). The van der Waals surface area contributed by atoms with E-state index < -0.39 is 5.91 Å². The molecular weight excluding hydrogens is 284 g/mol. The molecule has 0 bridgehead atoms. The van der Waals surface area contributed by atoms with Crippen molar-refractivity contribution in [2.45, 2.75) is 25.2 Å². The second-order valence-electron chi connectivity index (χ2n) is 5.21. The summed E-state index contributed by atoms with van der Waals surface area (Å²) in [7, 11) is 1.66. The molecule has 1 aliphatic carbocycles. The van der Waals surface area contributed by atoms with Gasteiger partial charge in [-0.05, 0) is 30.9 Å². The van der Waals surface area contributed by atoms with Crippen LogP contribution in [0.25, 0.3) is 0 Å². The monoisotopic (exact) mass is 300 g/mol. The van der Waals surface area contributed by atoms with Gasteiger partial charge in [0.15, 0.2) is 5.69 Å². The van der Waals surface area contributed by atoms with Crippen LogP contribution in [-0.4, -0.2) is 31.8 Å². The molecule has 22 heavy (non-hydrogen) atoms. The minimum Gasteiger partial charge on any atom is -0.272 e. The van der Waals surface area contributed by atoms with Crippen molar-refractivity contribution >= 4 is 11.8 Å². The van der Waals surface area contributed by atoms with Gasteiger partial charge in [0.05, 0.1) is 17.8 Å². The number of carbonyl (C=O) groups is 2. The first-order chi connectivity index (χ1) is 10.6. The lowest BCUT2D eigenvalue weighted by Gasteiger charge is -2.23. The van der Waals surface area contributed by atoms with Gasteiger partial charge in [0.2, 0.25) is 5.91 Å². The van der Waals surface area contributed by atoms with Crippen LogP contribution in [-0.2, 0) is 18.3 Å². The molecule has 0 aromatic carbocycles. The standard InChI is InChI=1S/C14H16N6O2/c1-20-8-11(16-19-20)14(22)18-17-13(21)10-6-2-4-9-5-3-7-15-12(9)10/h3,5,7-8,10H,2,4,6H2,1H3,(H,17,21)(H,18,22). The highest BCUT2D eigenvalue weighted by atomic mass is 16.2. The number of rotatable bonds is 2. The van der Waals surface area contributed by atoms with Crippen LogP contribution in [0.1, 0.15) is 40.5 Å². The molecule has 8 nitrogen and oxygen atoms in total. The fraction of sp³-hybridized carbons (Fsp3) is 0.357. The molecule has 2 aromatic rings. The van der Waals surface area contributed by atoms with Gasteiger partial charge < -0.3 is 0 Å². The smallest absolute Gasteiger partial charge is 0.272 e. The summed E-state index contributed by atoms with van der Waals surface area (Å²) in [5, 5.41) is 7.35. The van der Waals surface area contributed by atoms with Crippen molar-refractivity contribution in [1.29, 1.82) is 0 Å². The number of hydrogen-bond acceptors (Lipinski definition) is 5. The Kier molecular flexibility index (Phi) is 3.82. The molecule has 2 N–H and O–H groups in total. The number of nitrogens with one attached hydrogen (secondary N) is 2. The first-order valence-electron chi connectivity index (χ1n) is 7.05. The van der Waals surface area contributed by atoms with Crippen molar-refractivity contribution in [3.05, 3.63) is 41.5 Å². The van der Waals surface area contributed by atoms with Gasteiger partial charge in [0.25, 0.3) is 5.91 Å². The second-order valence-corrected chi connectivity index (χ2v) is 5.21. The zero-order valence-corrected chi connectivity index (χ0v) is 12.1. The van der Waals surface area contributed by atoms with Gasteiger partial charge in [-0.25, -0.2) is 0 Å². The van der Waals surface area contributed by atoms with E-state index in [9.17, 15) is 9.59 Å². The van der Waals surface area contributed by atoms with Crippen molar-refractivity contribution < 1.29 is 9.59 Å². The molecule has 2 amide bonds. The molecule has 1 unspecified atom stereocenters. The van der Waals surface area contributed by atoms with Crippen molar-refractivity contribution in [3.8, 4) is 0 Å². The van der Waals surface area contributed by atoms with Crippen molar-refractivity contribution in [2.24, 2.45) is 7.05 Å². The van der Waals surface area contributed by atoms with Crippen LogP contribution in [0.15, 0.2) is 24.5 Å². The molecule has 8 heteroatoms. The van der Waals surface area contributed by atoms with Crippen molar-refractivity contribution in [3.63, 3.8) is 0 Å². The number of nitrogens with zero attached hydrogens (tertiary/aromatic N) is 4. The topological polar surface area (TPSA) is 102 Å². The van der Waals surface area contributed by atoms with Crippen LogP contribution < -0.4 is 10.9 Å². The predicted octanol–water partition coefficient (Wildman–Crippen LogP) is 0.0912. The number of fused-ring (bicyclic) bond motifs is 1. The van der Waals surface area contributed by atoms with Crippen LogP contribution in [0.4, 0.5) is 0 Å². The average Bonchev–Trinajstić information content (AvgIpc) is 2.98. The van der Waals surface area contributed by atoms with Crippen LogP contribution >= 0.6 is 0 Å². The Hall–Kier alpha value is -2.77. The lowest BCUT2D eigenvalue weighted by atomic mass is 9.86. The van der Waals surface area contributed by atoms with E-state index in [0.717, 1.165) is 30.5 Å². The number of hydrazine groups is 1. The van der Waals surface area contributed by atoms with E-state index in [0.29, 0.717) is 0 Å². The van der Waals surface area contributed by atoms with Gasteiger partial charge in [-0.3, -0.25) is 30.1 Å². The number of aryl methyl sites for hydroxylation is 2. The highest BCUT2D eigenvalue weighted by Gasteiger charge is 2.28. The molecule has 0 aliphatic heterocycles. The van der Waals surface area contributed by atoms with E-state index in [1.807, 2.05) is 12.1 Å². The summed E-state index contributed by atoms with van der Waals surface area (Å²) < 4.78 is 1.41. The number of pyridine rings is 1. The maximum Gasteiger partial charge on any atom is 0.291 e. The predicted molar refractivity (Wildman–Crippen MR) is 76.5 cm³/mol. The highest BCUT2D eigenvalue weighted by Crippen LogP contribution is 2.29. The lowest BCUT2D eigenvalue weighted by molar-refractivity contribution is -0.123. The van der Waals surface area contributed by atoms with Gasteiger partial charge in [-0.1, -0.05) is 11.3 Å². The van der Waals surface area contributed by atoms with Crippen LogP contribution in [0.2, 0.25) is 0 Å². The number of hydrogen-bond donors (Lipinski definition) is 2. The molecule has 1 atom stereocenters. The molecule has 0 radical (unpaired) electrons. The average molecular weight is 300 g/mol. The molecular formula is C14H16N6O2.